The molecule has 3 rings (SSSR count). The lowest BCUT2D eigenvalue weighted by Gasteiger charge is -2.15. The number of nitrogens with one attached hydrogen (secondary N) is 1. The molecule has 1 aromatic heterocycles. The molecule has 0 saturated heterocycles. The van der Waals surface area contributed by atoms with Crippen LogP contribution in [0.4, 0.5) is 0 Å². The van der Waals surface area contributed by atoms with Crippen molar-refractivity contribution in [3.05, 3.63) is 22.4 Å². The van der Waals surface area contributed by atoms with Gasteiger partial charge in [0.1, 0.15) is 0 Å². The van der Waals surface area contributed by atoms with Gasteiger partial charge in [-0.3, -0.25) is 0 Å². The molecule has 0 bridgehead atoms. The van der Waals surface area contributed by atoms with Crippen molar-refractivity contribution in [1.29, 1.82) is 0 Å². The molecular formula is C15H23NS. The van der Waals surface area contributed by atoms with Gasteiger partial charge in [0.15, 0.2) is 0 Å². The van der Waals surface area contributed by atoms with E-state index in [4.69, 9.17) is 0 Å². The maximum absolute atomic E-state index is 3.59. The SMILES string of the molecule is CNC(CCc1cccs1)C1C2CCCCC21. The van der Waals surface area contributed by atoms with Crippen molar-refractivity contribution in [3.8, 4) is 0 Å². The monoisotopic (exact) mass is 249 g/mol. The van der Waals surface area contributed by atoms with Crippen LogP contribution in [-0.2, 0) is 6.42 Å². The van der Waals surface area contributed by atoms with Crippen LogP contribution in [0.1, 0.15) is 37.0 Å². The third-order valence-corrected chi connectivity index (χ3v) is 5.78. The van der Waals surface area contributed by atoms with Gasteiger partial charge in [-0.2, -0.15) is 0 Å². The Kier molecular flexibility index (Phi) is 3.53. The normalized spacial score (nSPS) is 33.1. The molecule has 1 aromatic rings. The fraction of sp³-hybridized carbons (Fsp3) is 0.733. The van der Waals surface area contributed by atoms with E-state index in [1.54, 1.807) is 4.88 Å². The summed E-state index contributed by atoms with van der Waals surface area (Å²) in [5, 5.41) is 5.78. The van der Waals surface area contributed by atoms with Crippen LogP contribution in [0.3, 0.4) is 0 Å². The molecule has 1 nitrogen and oxygen atoms in total. The van der Waals surface area contributed by atoms with Crippen LogP contribution < -0.4 is 5.32 Å². The summed E-state index contributed by atoms with van der Waals surface area (Å²) in [7, 11) is 2.16. The van der Waals surface area contributed by atoms with E-state index in [0.717, 1.165) is 23.8 Å². The van der Waals surface area contributed by atoms with Gasteiger partial charge in [0.25, 0.3) is 0 Å². The second kappa shape index (κ2) is 5.11. The van der Waals surface area contributed by atoms with Gasteiger partial charge in [-0.15, -0.1) is 11.3 Å². The summed E-state index contributed by atoms with van der Waals surface area (Å²) in [5.41, 5.74) is 0. The van der Waals surface area contributed by atoms with Crippen molar-refractivity contribution in [2.75, 3.05) is 7.05 Å². The molecule has 0 amide bonds. The van der Waals surface area contributed by atoms with Gasteiger partial charge in [-0.1, -0.05) is 18.9 Å². The molecule has 0 aromatic carbocycles. The van der Waals surface area contributed by atoms with Gasteiger partial charge in [0, 0.05) is 10.9 Å². The molecule has 94 valence electrons. The Morgan fingerprint density at radius 1 is 1.35 bits per heavy atom. The van der Waals surface area contributed by atoms with Crippen molar-refractivity contribution in [2.24, 2.45) is 17.8 Å². The van der Waals surface area contributed by atoms with Crippen molar-refractivity contribution in [1.82, 2.24) is 5.32 Å². The molecule has 0 spiro atoms. The molecule has 3 unspecified atom stereocenters. The topological polar surface area (TPSA) is 12.0 Å². The zero-order valence-electron chi connectivity index (χ0n) is 10.7. The van der Waals surface area contributed by atoms with Gasteiger partial charge in [0.2, 0.25) is 0 Å². The molecule has 2 saturated carbocycles. The Hall–Kier alpha value is -0.340. The molecule has 2 heteroatoms. The third kappa shape index (κ3) is 2.43. The zero-order valence-corrected chi connectivity index (χ0v) is 11.5. The van der Waals surface area contributed by atoms with E-state index in [2.05, 4.69) is 29.9 Å². The average molecular weight is 249 g/mol. The third-order valence-electron chi connectivity index (χ3n) is 4.84. The highest BCUT2D eigenvalue weighted by atomic mass is 32.1. The second-order valence-electron chi connectivity index (χ2n) is 5.70. The van der Waals surface area contributed by atoms with E-state index in [0.29, 0.717) is 0 Å². The second-order valence-corrected chi connectivity index (χ2v) is 6.73. The van der Waals surface area contributed by atoms with Crippen molar-refractivity contribution in [3.63, 3.8) is 0 Å². The van der Waals surface area contributed by atoms with E-state index < -0.39 is 0 Å². The first-order valence-electron chi connectivity index (χ1n) is 7.10. The molecule has 1 N–H and O–H groups in total. The van der Waals surface area contributed by atoms with E-state index in [1.807, 2.05) is 11.3 Å². The minimum Gasteiger partial charge on any atom is -0.317 e. The highest BCUT2D eigenvalue weighted by molar-refractivity contribution is 7.09. The average Bonchev–Trinajstić information content (AvgIpc) is 2.84. The number of aryl methyl sites for hydroxylation is 1. The van der Waals surface area contributed by atoms with Gasteiger partial charge in [-0.25, -0.2) is 0 Å². The van der Waals surface area contributed by atoms with E-state index in [1.165, 1.54) is 38.5 Å². The first-order valence-corrected chi connectivity index (χ1v) is 7.98. The molecule has 2 aliphatic carbocycles. The molecule has 2 fully saturated rings. The highest BCUT2D eigenvalue weighted by Gasteiger charge is 2.53. The lowest BCUT2D eigenvalue weighted by atomic mass is 10.0. The lowest BCUT2D eigenvalue weighted by molar-refractivity contribution is 0.436. The van der Waals surface area contributed by atoms with Crippen molar-refractivity contribution in [2.45, 2.75) is 44.6 Å². The summed E-state index contributed by atoms with van der Waals surface area (Å²) in [4.78, 5) is 1.55. The summed E-state index contributed by atoms with van der Waals surface area (Å²) in [6.07, 6.45) is 8.57. The van der Waals surface area contributed by atoms with Crippen LogP contribution in [0.15, 0.2) is 17.5 Å². The van der Waals surface area contributed by atoms with Gasteiger partial charge < -0.3 is 5.32 Å². The van der Waals surface area contributed by atoms with E-state index in [-0.39, 0.29) is 0 Å². The zero-order chi connectivity index (χ0) is 11.7. The quantitative estimate of drug-likeness (QED) is 0.839. The Morgan fingerprint density at radius 2 is 2.12 bits per heavy atom. The predicted octanol–water partition coefficient (Wildman–Crippen LogP) is 3.70. The Balaban J connectivity index is 1.53. The minimum absolute atomic E-state index is 0.769. The Bertz CT molecular complexity index is 334. The number of hydrogen-bond donors (Lipinski definition) is 1. The number of rotatable bonds is 5. The summed E-state index contributed by atoms with van der Waals surface area (Å²) in [6.45, 7) is 0. The number of hydrogen-bond acceptors (Lipinski definition) is 2. The largest absolute Gasteiger partial charge is 0.317 e. The van der Waals surface area contributed by atoms with E-state index >= 15 is 0 Å². The molecule has 0 aliphatic heterocycles. The van der Waals surface area contributed by atoms with Gasteiger partial charge in [-0.05, 0) is 61.9 Å². The maximum atomic E-state index is 3.59. The number of fused-ring (bicyclic) bond motifs is 1. The smallest absolute Gasteiger partial charge is 0.0101 e. The predicted molar refractivity (Wildman–Crippen MR) is 74.4 cm³/mol. The minimum atomic E-state index is 0.769. The number of thiophene rings is 1. The Morgan fingerprint density at radius 3 is 2.71 bits per heavy atom. The van der Waals surface area contributed by atoms with Crippen molar-refractivity contribution >= 4 is 11.3 Å². The maximum Gasteiger partial charge on any atom is 0.0101 e. The van der Waals surface area contributed by atoms with Crippen LogP contribution in [0.2, 0.25) is 0 Å². The molecular weight excluding hydrogens is 226 g/mol. The fourth-order valence-electron chi connectivity index (χ4n) is 3.93. The van der Waals surface area contributed by atoms with Crippen LogP contribution >= 0.6 is 11.3 Å². The summed E-state index contributed by atoms with van der Waals surface area (Å²) in [6, 6.07) is 5.22. The first-order chi connectivity index (χ1) is 8.40. The molecule has 17 heavy (non-hydrogen) atoms. The van der Waals surface area contributed by atoms with E-state index in [9.17, 15) is 0 Å². The summed E-state index contributed by atoms with van der Waals surface area (Å²) in [5.74, 6) is 3.15. The Labute approximate surface area is 109 Å². The lowest BCUT2D eigenvalue weighted by Crippen LogP contribution is -2.29. The van der Waals surface area contributed by atoms with Crippen LogP contribution in [-0.4, -0.2) is 13.1 Å². The molecule has 2 aliphatic rings. The van der Waals surface area contributed by atoms with Crippen LogP contribution in [0.5, 0.6) is 0 Å². The highest BCUT2D eigenvalue weighted by Crippen LogP contribution is 2.57. The first kappa shape index (κ1) is 11.7. The van der Waals surface area contributed by atoms with Crippen LogP contribution in [0.25, 0.3) is 0 Å². The molecule has 0 radical (unpaired) electrons. The standard InChI is InChI=1S/C15H23NS/c1-16-14(9-8-11-5-4-10-17-11)15-12-6-2-3-7-13(12)15/h4-5,10,12-16H,2-3,6-9H2,1H3. The van der Waals surface area contributed by atoms with Crippen molar-refractivity contribution < 1.29 is 0 Å². The van der Waals surface area contributed by atoms with Gasteiger partial charge in [0.05, 0.1) is 0 Å². The molecule has 3 atom stereocenters. The summed E-state index contributed by atoms with van der Waals surface area (Å²) >= 11 is 1.91. The van der Waals surface area contributed by atoms with Gasteiger partial charge >= 0.3 is 0 Å². The fourth-order valence-corrected chi connectivity index (χ4v) is 4.65. The molecule has 1 heterocycles. The summed E-state index contributed by atoms with van der Waals surface area (Å²) < 4.78 is 0. The van der Waals surface area contributed by atoms with Crippen LogP contribution in [0, 0.1) is 17.8 Å².